The van der Waals surface area contributed by atoms with Crippen LogP contribution in [-0.4, -0.2) is 12.2 Å². The van der Waals surface area contributed by atoms with E-state index in [0.29, 0.717) is 10.6 Å². The van der Waals surface area contributed by atoms with Crippen LogP contribution in [0.1, 0.15) is 28.9 Å². The number of carbonyl (C=O) groups is 1. The third-order valence-electron chi connectivity index (χ3n) is 3.07. The first-order valence-corrected chi connectivity index (χ1v) is 7.91. The molecule has 2 rings (SSSR count). The molecule has 0 saturated heterocycles. The molecule has 20 heavy (non-hydrogen) atoms. The van der Waals surface area contributed by atoms with Gasteiger partial charge in [-0.1, -0.05) is 29.8 Å². The van der Waals surface area contributed by atoms with Gasteiger partial charge in [-0.3, -0.25) is 4.79 Å². The number of hydrogen-bond donors (Lipinski definition) is 1. The second kappa shape index (κ2) is 6.82. The Labute approximate surface area is 128 Å². The van der Waals surface area contributed by atoms with Crippen molar-refractivity contribution in [2.24, 2.45) is 0 Å². The van der Waals surface area contributed by atoms with Crippen molar-refractivity contribution in [1.82, 2.24) is 5.32 Å². The van der Waals surface area contributed by atoms with Gasteiger partial charge in [0, 0.05) is 15.5 Å². The number of carbonyl (C=O) groups excluding carboxylic acids is 1. The molecule has 1 unspecified atom stereocenters. The highest BCUT2D eigenvalue weighted by Crippen LogP contribution is 2.22. The zero-order valence-corrected chi connectivity index (χ0v) is 13.0. The van der Waals surface area contributed by atoms with Gasteiger partial charge in [-0.25, -0.2) is 0 Å². The van der Waals surface area contributed by atoms with Gasteiger partial charge in [0.25, 0.3) is 5.91 Å². The van der Waals surface area contributed by atoms with Crippen molar-refractivity contribution in [3.05, 3.63) is 64.7 Å². The molecule has 0 heterocycles. The first-order valence-electron chi connectivity index (χ1n) is 6.31. The molecule has 0 saturated carbocycles. The Morgan fingerprint density at radius 3 is 2.40 bits per heavy atom. The van der Waals surface area contributed by atoms with E-state index in [1.807, 2.05) is 61.7 Å². The molecule has 0 aliphatic carbocycles. The van der Waals surface area contributed by atoms with Crippen molar-refractivity contribution in [2.45, 2.75) is 17.9 Å². The lowest BCUT2D eigenvalue weighted by molar-refractivity contribution is 0.0940. The summed E-state index contributed by atoms with van der Waals surface area (Å²) in [5, 5.41) is 3.63. The van der Waals surface area contributed by atoms with E-state index in [9.17, 15) is 4.79 Å². The third kappa shape index (κ3) is 3.56. The van der Waals surface area contributed by atoms with Crippen LogP contribution < -0.4 is 5.32 Å². The molecule has 0 radical (unpaired) electrons. The van der Waals surface area contributed by atoms with Crippen LogP contribution in [0.3, 0.4) is 0 Å². The second-order valence-electron chi connectivity index (χ2n) is 4.45. The van der Waals surface area contributed by atoms with E-state index < -0.39 is 0 Å². The zero-order valence-electron chi connectivity index (χ0n) is 11.4. The summed E-state index contributed by atoms with van der Waals surface area (Å²) in [6.07, 6.45) is 2.01. The standard InChI is InChI=1S/C16H16ClNOS/c1-11(14-5-3-4-6-15(14)17)18-16(19)12-7-9-13(20-2)10-8-12/h3-11H,1-2H3,(H,18,19). The van der Waals surface area contributed by atoms with Gasteiger partial charge in [-0.2, -0.15) is 0 Å². The fraction of sp³-hybridized carbons (Fsp3) is 0.188. The predicted octanol–water partition coefficient (Wildman–Crippen LogP) is 4.55. The molecule has 1 atom stereocenters. The van der Waals surface area contributed by atoms with Crippen LogP contribution in [-0.2, 0) is 0 Å². The van der Waals surface area contributed by atoms with Crippen molar-refractivity contribution in [1.29, 1.82) is 0 Å². The van der Waals surface area contributed by atoms with Crippen molar-refractivity contribution in [3.8, 4) is 0 Å². The average Bonchev–Trinajstić information content (AvgIpc) is 2.47. The Kier molecular flexibility index (Phi) is 5.10. The van der Waals surface area contributed by atoms with E-state index in [2.05, 4.69) is 5.32 Å². The Morgan fingerprint density at radius 2 is 1.80 bits per heavy atom. The highest BCUT2D eigenvalue weighted by Gasteiger charge is 2.13. The van der Waals surface area contributed by atoms with E-state index in [1.165, 1.54) is 0 Å². The Morgan fingerprint density at radius 1 is 1.15 bits per heavy atom. The van der Waals surface area contributed by atoms with Gasteiger partial charge in [0.05, 0.1) is 6.04 Å². The van der Waals surface area contributed by atoms with Gasteiger partial charge in [-0.05, 0) is 49.1 Å². The normalized spacial score (nSPS) is 11.9. The topological polar surface area (TPSA) is 29.1 Å². The van der Waals surface area contributed by atoms with Gasteiger partial charge >= 0.3 is 0 Å². The number of benzene rings is 2. The molecule has 0 spiro atoms. The van der Waals surface area contributed by atoms with Gasteiger partial charge in [-0.15, -0.1) is 11.8 Å². The van der Waals surface area contributed by atoms with E-state index in [0.717, 1.165) is 10.5 Å². The summed E-state index contributed by atoms with van der Waals surface area (Å²) < 4.78 is 0. The lowest BCUT2D eigenvalue weighted by Crippen LogP contribution is -2.26. The molecule has 2 aromatic carbocycles. The number of nitrogens with one attached hydrogen (secondary N) is 1. The molecule has 0 bridgehead atoms. The van der Waals surface area contributed by atoms with Crippen molar-refractivity contribution < 1.29 is 4.79 Å². The average molecular weight is 306 g/mol. The van der Waals surface area contributed by atoms with Crippen LogP contribution in [0, 0.1) is 0 Å². The second-order valence-corrected chi connectivity index (χ2v) is 5.73. The summed E-state index contributed by atoms with van der Waals surface area (Å²) >= 11 is 7.79. The maximum atomic E-state index is 12.2. The first-order chi connectivity index (χ1) is 9.61. The van der Waals surface area contributed by atoms with E-state index >= 15 is 0 Å². The van der Waals surface area contributed by atoms with Crippen LogP contribution in [0.25, 0.3) is 0 Å². The molecule has 4 heteroatoms. The molecule has 0 aliphatic heterocycles. The maximum absolute atomic E-state index is 12.2. The van der Waals surface area contributed by atoms with Crippen LogP contribution in [0.2, 0.25) is 5.02 Å². The quantitative estimate of drug-likeness (QED) is 0.839. The van der Waals surface area contributed by atoms with Crippen LogP contribution in [0.5, 0.6) is 0 Å². The summed E-state index contributed by atoms with van der Waals surface area (Å²) in [5.41, 5.74) is 1.57. The molecule has 0 aliphatic rings. The van der Waals surface area contributed by atoms with Gasteiger partial charge in [0.1, 0.15) is 0 Å². The van der Waals surface area contributed by atoms with E-state index in [1.54, 1.807) is 11.8 Å². The van der Waals surface area contributed by atoms with Gasteiger partial charge < -0.3 is 5.32 Å². The van der Waals surface area contributed by atoms with E-state index in [-0.39, 0.29) is 11.9 Å². The molecule has 2 aromatic rings. The number of thioether (sulfide) groups is 1. The highest BCUT2D eigenvalue weighted by molar-refractivity contribution is 7.98. The summed E-state index contributed by atoms with van der Waals surface area (Å²) in [5.74, 6) is -0.0925. The van der Waals surface area contributed by atoms with Crippen LogP contribution in [0.4, 0.5) is 0 Å². The molecule has 0 fully saturated rings. The van der Waals surface area contributed by atoms with Gasteiger partial charge in [0.15, 0.2) is 0 Å². The lowest BCUT2D eigenvalue weighted by atomic mass is 10.1. The minimum atomic E-state index is -0.128. The monoisotopic (exact) mass is 305 g/mol. The lowest BCUT2D eigenvalue weighted by Gasteiger charge is -2.15. The minimum absolute atomic E-state index is 0.0925. The highest BCUT2D eigenvalue weighted by atomic mass is 35.5. The molecule has 1 N–H and O–H groups in total. The number of rotatable bonds is 4. The number of hydrogen-bond acceptors (Lipinski definition) is 2. The Balaban J connectivity index is 2.09. The molecular weight excluding hydrogens is 290 g/mol. The minimum Gasteiger partial charge on any atom is -0.345 e. The number of amides is 1. The Bertz CT molecular complexity index is 598. The summed E-state index contributed by atoms with van der Waals surface area (Å²) in [6.45, 7) is 1.93. The predicted molar refractivity (Wildman–Crippen MR) is 85.6 cm³/mol. The van der Waals surface area contributed by atoms with Crippen LogP contribution in [0.15, 0.2) is 53.4 Å². The Hall–Kier alpha value is -1.45. The first kappa shape index (κ1) is 14.9. The fourth-order valence-electron chi connectivity index (χ4n) is 1.93. The number of halogens is 1. The van der Waals surface area contributed by atoms with Crippen LogP contribution >= 0.6 is 23.4 Å². The largest absolute Gasteiger partial charge is 0.345 e. The maximum Gasteiger partial charge on any atom is 0.251 e. The molecule has 104 valence electrons. The third-order valence-corrected chi connectivity index (χ3v) is 4.16. The molecule has 0 aromatic heterocycles. The van der Waals surface area contributed by atoms with Crippen molar-refractivity contribution >= 4 is 29.3 Å². The SMILES string of the molecule is CSc1ccc(C(=O)NC(C)c2ccccc2Cl)cc1. The zero-order chi connectivity index (χ0) is 14.5. The van der Waals surface area contributed by atoms with Crippen molar-refractivity contribution in [3.63, 3.8) is 0 Å². The smallest absolute Gasteiger partial charge is 0.251 e. The van der Waals surface area contributed by atoms with E-state index in [4.69, 9.17) is 11.6 Å². The van der Waals surface area contributed by atoms with Crippen molar-refractivity contribution in [2.75, 3.05) is 6.26 Å². The summed E-state index contributed by atoms with van der Waals surface area (Å²) in [7, 11) is 0. The summed E-state index contributed by atoms with van der Waals surface area (Å²) in [4.78, 5) is 13.3. The molecular formula is C16H16ClNOS. The molecule has 2 nitrogen and oxygen atoms in total. The fourth-order valence-corrected chi connectivity index (χ4v) is 2.63. The summed E-state index contributed by atoms with van der Waals surface area (Å²) in [6, 6.07) is 15.0. The van der Waals surface area contributed by atoms with Gasteiger partial charge in [0.2, 0.25) is 0 Å². The molecule has 1 amide bonds.